The van der Waals surface area contributed by atoms with Crippen molar-refractivity contribution in [1.29, 1.82) is 0 Å². The Labute approximate surface area is 149 Å². The highest BCUT2D eigenvalue weighted by Crippen LogP contribution is 2.54. The van der Waals surface area contributed by atoms with Gasteiger partial charge < -0.3 is 19.7 Å². The van der Waals surface area contributed by atoms with Gasteiger partial charge in [0.1, 0.15) is 11.7 Å². The summed E-state index contributed by atoms with van der Waals surface area (Å²) in [6.45, 7) is 8.55. The van der Waals surface area contributed by atoms with E-state index in [4.69, 9.17) is 9.47 Å². The standard InChI is InChI=1S/C20H30O5/c1-11-9-13(21)15-12-10-24-19(3,8-7-18(11,12)2)14(22)5-6-20(4)17(25-20)16(15)23/h11,13-14,17,21-22H,5-10H2,1-4H3/t11-,13+,14+,17-,18+,19-,20+/m0/s1. The molecule has 0 spiro atoms. The van der Waals surface area contributed by atoms with Crippen molar-refractivity contribution < 1.29 is 24.5 Å². The molecule has 5 heteroatoms. The molecule has 0 aromatic carbocycles. The fourth-order valence-electron chi connectivity index (χ4n) is 5.18. The van der Waals surface area contributed by atoms with Crippen molar-refractivity contribution in [3.05, 3.63) is 11.1 Å². The van der Waals surface area contributed by atoms with E-state index in [1.54, 1.807) is 0 Å². The first-order valence-electron chi connectivity index (χ1n) is 9.56. The number of Topliss-reactive ketones (excluding diaryl/α,β-unsaturated/α-hetero) is 1. The molecule has 1 aliphatic carbocycles. The quantitative estimate of drug-likeness (QED) is 0.655. The van der Waals surface area contributed by atoms with Crippen molar-refractivity contribution in [3.63, 3.8) is 0 Å². The minimum atomic E-state index is -0.752. The van der Waals surface area contributed by atoms with E-state index in [-0.39, 0.29) is 17.1 Å². The number of epoxide rings is 1. The van der Waals surface area contributed by atoms with Gasteiger partial charge >= 0.3 is 0 Å². The van der Waals surface area contributed by atoms with E-state index in [9.17, 15) is 15.0 Å². The topological polar surface area (TPSA) is 79.3 Å². The molecular weight excluding hydrogens is 320 g/mol. The lowest BCUT2D eigenvalue weighted by Crippen LogP contribution is -2.43. The number of ketones is 1. The average molecular weight is 350 g/mol. The van der Waals surface area contributed by atoms with Crippen LogP contribution in [-0.2, 0) is 14.3 Å². The average Bonchev–Trinajstić information content (AvgIpc) is 3.25. The highest BCUT2D eigenvalue weighted by Gasteiger charge is 2.60. The third kappa shape index (κ3) is 2.47. The van der Waals surface area contributed by atoms with Gasteiger partial charge in [-0.25, -0.2) is 0 Å². The zero-order valence-electron chi connectivity index (χ0n) is 15.7. The number of aliphatic hydroxyl groups excluding tert-OH is 2. The summed E-state index contributed by atoms with van der Waals surface area (Å²) in [6.07, 6.45) is 1.52. The van der Waals surface area contributed by atoms with Crippen LogP contribution in [0.1, 0.15) is 59.8 Å². The molecule has 7 atom stereocenters. The van der Waals surface area contributed by atoms with Crippen LogP contribution in [-0.4, -0.2) is 52.1 Å². The molecule has 2 saturated heterocycles. The van der Waals surface area contributed by atoms with E-state index in [2.05, 4.69) is 13.8 Å². The first-order valence-corrected chi connectivity index (χ1v) is 9.56. The van der Waals surface area contributed by atoms with Crippen LogP contribution in [0.2, 0.25) is 0 Å². The molecule has 140 valence electrons. The van der Waals surface area contributed by atoms with Crippen molar-refractivity contribution in [2.24, 2.45) is 11.3 Å². The van der Waals surface area contributed by atoms with Gasteiger partial charge in [0.2, 0.25) is 0 Å². The maximum atomic E-state index is 13.2. The molecule has 4 rings (SSSR count). The van der Waals surface area contributed by atoms with Gasteiger partial charge in [0.05, 0.1) is 24.4 Å². The molecule has 2 N–H and O–H groups in total. The van der Waals surface area contributed by atoms with Gasteiger partial charge in [0.15, 0.2) is 5.78 Å². The molecule has 3 aliphatic heterocycles. The van der Waals surface area contributed by atoms with Gasteiger partial charge in [-0.15, -0.1) is 0 Å². The SMILES string of the molecule is C[C@H]1C[C@@H](O)C2=C3CO[C@@](C)(CC[C@@]31C)[C@H](O)CC[C@@]1(C)O[C@H]1C2=O. The van der Waals surface area contributed by atoms with Gasteiger partial charge in [-0.2, -0.15) is 0 Å². The molecule has 0 saturated carbocycles. The molecule has 2 fully saturated rings. The van der Waals surface area contributed by atoms with E-state index in [1.807, 2.05) is 13.8 Å². The smallest absolute Gasteiger partial charge is 0.193 e. The molecule has 0 unspecified atom stereocenters. The normalized spacial score (nSPS) is 53.1. The van der Waals surface area contributed by atoms with Crippen LogP contribution in [0.3, 0.4) is 0 Å². The number of hydrogen-bond donors (Lipinski definition) is 2. The van der Waals surface area contributed by atoms with Gasteiger partial charge in [-0.3, -0.25) is 4.79 Å². The van der Waals surface area contributed by atoms with Crippen LogP contribution in [0.4, 0.5) is 0 Å². The summed E-state index contributed by atoms with van der Waals surface area (Å²) in [5, 5.41) is 21.6. The largest absolute Gasteiger partial charge is 0.390 e. The molecule has 2 bridgehead atoms. The predicted octanol–water partition coefficient (Wildman–Crippen LogP) is 2.14. The van der Waals surface area contributed by atoms with Crippen molar-refractivity contribution in [2.45, 2.75) is 89.3 Å². The third-order valence-corrected chi connectivity index (χ3v) is 7.71. The summed E-state index contributed by atoms with van der Waals surface area (Å²) >= 11 is 0. The summed E-state index contributed by atoms with van der Waals surface area (Å²) in [5.41, 5.74) is 0.109. The highest BCUT2D eigenvalue weighted by atomic mass is 16.6. The third-order valence-electron chi connectivity index (χ3n) is 7.71. The lowest BCUT2D eigenvalue weighted by atomic mass is 9.61. The fraction of sp³-hybridized carbons (Fsp3) is 0.850. The molecule has 0 aromatic heterocycles. The molecule has 0 radical (unpaired) electrons. The van der Waals surface area contributed by atoms with Gasteiger partial charge in [-0.1, -0.05) is 13.8 Å². The Morgan fingerprint density at radius 2 is 1.80 bits per heavy atom. The van der Waals surface area contributed by atoms with E-state index in [1.165, 1.54) is 0 Å². The van der Waals surface area contributed by atoms with Crippen LogP contribution in [0.15, 0.2) is 11.1 Å². The number of ether oxygens (including phenoxy) is 2. The summed E-state index contributed by atoms with van der Waals surface area (Å²) in [5.74, 6) is 0.179. The van der Waals surface area contributed by atoms with Gasteiger partial charge in [0.25, 0.3) is 0 Å². The first kappa shape index (κ1) is 17.7. The van der Waals surface area contributed by atoms with Crippen molar-refractivity contribution in [3.8, 4) is 0 Å². The molecule has 0 aromatic rings. The van der Waals surface area contributed by atoms with Crippen LogP contribution in [0.25, 0.3) is 0 Å². The second kappa shape index (κ2) is 5.38. The Balaban J connectivity index is 1.87. The summed E-state index contributed by atoms with van der Waals surface area (Å²) in [6, 6.07) is 0. The molecule has 3 heterocycles. The monoisotopic (exact) mass is 350 g/mol. The Kier molecular flexibility index (Phi) is 3.80. The Bertz CT molecular complexity index is 642. The highest BCUT2D eigenvalue weighted by molar-refractivity contribution is 6.03. The number of hydrogen-bond acceptors (Lipinski definition) is 5. The number of carbonyl (C=O) groups excluding carboxylic acids is 1. The van der Waals surface area contributed by atoms with Crippen LogP contribution in [0, 0.1) is 11.3 Å². The predicted molar refractivity (Wildman–Crippen MR) is 92.0 cm³/mol. The Morgan fingerprint density at radius 3 is 2.52 bits per heavy atom. The van der Waals surface area contributed by atoms with Crippen molar-refractivity contribution in [1.82, 2.24) is 0 Å². The lowest BCUT2D eigenvalue weighted by Gasteiger charge is -2.44. The molecule has 5 nitrogen and oxygen atoms in total. The van der Waals surface area contributed by atoms with E-state index >= 15 is 0 Å². The second-order valence-electron chi connectivity index (χ2n) is 9.29. The van der Waals surface area contributed by atoms with Crippen LogP contribution in [0.5, 0.6) is 0 Å². The number of rotatable bonds is 0. The number of carbonyl (C=O) groups is 1. The maximum absolute atomic E-state index is 13.2. The van der Waals surface area contributed by atoms with Gasteiger partial charge in [0, 0.05) is 5.57 Å². The Hall–Kier alpha value is -0.750. The number of fused-ring (bicyclic) bond motifs is 3. The zero-order valence-corrected chi connectivity index (χ0v) is 15.7. The van der Waals surface area contributed by atoms with Crippen LogP contribution >= 0.6 is 0 Å². The molecular formula is C20H30O5. The van der Waals surface area contributed by atoms with E-state index in [0.29, 0.717) is 31.4 Å². The van der Waals surface area contributed by atoms with Crippen molar-refractivity contribution >= 4 is 5.78 Å². The maximum Gasteiger partial charge on any atom is 0.193 e. The first-order chi connectivity index (χ1) is 11.6. The van der Waals surface area contributed by atoms with Crippen molar-refractivity contribution in [2.75, 3.05) is 6.61 Å². The lowest BCUT2D eigenvalue weighted by molar-refractivity contribution is -0.118. The molecule has 0 amide bonds. The fourth-order valence-corrected chi connectivity index (χ4v) is 5.18. The minimum absolute atomic E-state index is 0.0771. The Morgan fingerprint density at radius 1 is 1.08 bits per heavy atom. The second-order valence-corrected chi connectivity index (χ2v) is 9.29. The van der Waals surface area contributed by atoms with Gasteiger partial charge in [-0.05, 0) is 62.9 Å². The van der Waals surface area contributed by atoms with Crippen LogP contribution < -0.4 is 0 Å². The van der Waals surface area contributed by atoms with E-state index in [0.717, 1.165) is 18.4 Å². The molecule has 4 aliphatic rings. The summed E-state index contributed by atoms with van der Waals surface area (Å²) in [7, 11) is 0. The number of aliphatic hydroxyl groups is 2. The summed E-state index contributed by atoms with van der Waals surface area (Å²) < 4.78 is 12.0. The molecule has 25 heavy (non-hydrogen) atoms. The van der Waals surface area contributed by atoms with E-state index < -0.39 is 29.5 Å². The minimum Gasteiger partial charge on any atom is -0.390 e. The zero-order chi connectivity index (χ0) is 18.2. The summed E-state index contributed by atoms with van der Waals surface area (Å²) in [4.78, 5) is 13.2.